The van der Waals surface area contributed by atoms with Crippen molar-refractivity contribution >= 4 is 11.2 Å². The van der Waals surface area contributed by atoms with E-state index in [0.29, 0.717) is 17.7 Å². The lowest BCUT2D eigenvalue weighted by Crippen LogP contribution is -2.35. The van der Waals surface area contributed by atoms with E-state index in [4.69, 9.17) is 4.42 Å². The van der Waals surface area contributed by atoms with Crippen molar-refractivity contribution in [2.24, 2.45) is 7.05 Å². The van der Waals surface area contributed by atoms with E-state index in [-0.39, 0.29) is 5.56 Å². The molecule has 1 N–H and O–H groups in total. The molecule has 7 heteroatoms. The summed E-state index contributed by atoms with van der Waals surface area (Å²) in [4.78, 5) is 31.0. The number of aromatic amines is 1. The molecule has 7 nitrogen and oxygen atoms in total. The van der Waals surface area contributed by atoms with Gasteiger partial charge in [-0.05, 0) is 25.0 Å². The zero-order valence-electron chi connectivity index (χ0n) is 13.1. The van der Waals surface area contributed by atoms with Crippen LogP contribution in [-0.2, 0) is 20.0 Å². The average molecular weight is 316 g/mol. The Morgan fingerprint density at radius 3 is 2.83 bits per heavy atom. The van der Waals surface area contributed by atoms with Gasteiger partial charge in [0.15, 0.2) is 11.2 Å². The summed E-state index contributed by atoms with van der Waals surface area (Å²) in [5.41, 5.74) is 0.107. The molecular formula is C16H20N4O3. The third-order valence-electron chi connectivity index (χ3n) is 3.99. The van der Waals surface area contributed by atoms with Gasteiger partial charge in [-0.2, -0.15) is 0 Å². The van der Waals surface area contributed by atoms with Gasteiger partial charge in [0.1, 0.15) is 5.76 Å². The van der Waals surface area contributed by atoms with Gasteiger partial charge in [0.05, 0.1) is 12.6 Å². The highest BCUT2D eigenvalue weighted by Gasteiger charge is 2.11. The third-order valence-corrected chi connectivity index (χ3v) is 3.99. The van der Waals surface area contributed by atoms with Crippen molar-refractivity contribution in [3.05, 3.63) is 51.3 Å². The summed E-state index contributed by atoms with van der Waals surface area (Å²) in [6.45, 7) is 0.427. The first-order chi connectivity index (χ1) is 11.2. The quantitative estimate of drug-likeness (QED) is 0.674. The zero-order valence-corrected chi connectivity index (χ0v) is 13.1. The number of fused-ring (bicyclic) bond motifs is 1. The fourth-order valence-electron chi connectivity index (χ4n) is 2.74. The lowest BCUT2D eigenvalue weighted by Gasteiger charge is -2.05. The lowest BCUT2D eigenvalue weighted by atomic mass is 10.1. The van der Waals surface area contributed by atoms with Gasteiger partial charge in [-0.25, -0.2) is 9.78 Å². The first kappa shape index (κ1) is 15.3. The van der Waals surface area contributed by atoms with Crippen LogP contribution >= 0.6 is 0 Å². The molecule has 3 aromatic heterocycles. The summed E-state index contributed by atoms with van der Waals surface area (Å²) in [7, 11) is 1.74. The average Bonchev–Trinajstić information content (AvgIpc) is 3.15. The van der Waals surface area contributed by atoms with Gasteiger partial charge in [-0.3, -0.25) is 14.3 Å². The highest BCUT2D eigenvalue weighted by atomic mass is 16.3. The predicted molar refractivity (Wildman–Crippen MR) is 86.5 cm³/mol. The lowest BCUT2D eigenvalue weighted by molar-refractivity contribution is 0.487. The number of imidazole rings is 1. The molecule has 0 saturated heterocycles. The molecule has 0 saturated carbocycles. The maximum atomic E-state index is 12.4. The SMILES string of the molecule is Cn1cnc2[nH]c(=O)n(CCCCCCc3ccco3)c(=O)c21. The number of nitrogens with zero attached hydrogens (tertiary/aromatic N) is 3. The highest BCUT2D eigenvalue weighted by molar-refractivity contribution is 5.68. The normalized spacial score (nSPS) is 11.3. The molecule has 0 unspecified atom stereocenters. The van der Waals surface area contributed by atoms with Gasteiger partial charge in [-0.15, -0.1) is 0 Å². The van der Waals surface area contributed by atoms with Crippen LogP contribution in [0.1, 0.15) is 31.4 Å². The number of rotatable bonds is 7. The molecule has 0 aliphatic rings. The zero-order chi connectivity index (χ0) is 16.2. The molecule has 0 radical (unpaired) electrons. The number of hydrogen-bond donors (Lipinski definition) is 1. The van der Waals surface area contributed by atoms with Gasteiger partial charge in [-0.1, -0.05) is 12.8 Å². The Hall–Kier alpha value is -2.57. The molecule has 0 aliphatic carbocycles. The summed E-state index contributed by atoms with van der Waals surface area (Å²) < 4.78 is 8.18. The van der Waals surface area contributed by atoms with Crippen molar-refractivity contribution in [2.75, 3.05) is 0 Å². The van der Waals surface area contributed by atoms with Crippen molar-refractivity contribution in [1.29, 1.82) is 0 Å². The van der Waals surface area contributed by atoms with Crippen molar-refractivity contribution in [3.8, 4) is 0 Å². The van der Waals surface area contributed by atoms with Crippen molar-refractivity contribution < 1.29 is 4.42 Å². The number of hydrogen-bond acceptors (Lipinski definition) is 4. The van der Waals surface area contributed by atoms with E-state index in [0.717, 1.165) is 37.9 Å². The summed E-state index contributed by atoms with van der Waals surface area (Å²) in [5, 5.41) is 0. The Labute approximate surface area is 132 Å². The molecule has 122 valence electrons. The van der Waals surface area contributed by atoms with Crippen molar-refractivity contribution in [2.45, 2.75) is 38.6 Å². The summed E-state index contributed by atoms with van der Waals surface area (Å²) in [6, 6.07) is 3.87. The molecule has 0 spiro atoms. The van der Waals surface area contributed by atoms with Gasteiger partial charge < -0.3 is 8.98 Å². The second-order valence-electron chi connectivity index (χ2n) is 5.68. The van der Waals surface area contributed by atoms with Crippen LogP contribution in [0.15, 0.2) is 38.7 Å². The molecule has 3 aromatic rings. The van der Waals surface area contributed by atoms with Crippen LogP contribution in [0.2, 0.25) is 0 Å². The Morgan fingerprint density at radius 1 is 1.22 bits per heavy atom. The van der Waals surface area contributed by atoms with Crippen LogP contribution in [-0.4, -0.2) is 19.1 Å². The van der Waals surface area contributed by atoms with Gasteiger partial charge in [0, 0.05) is 20.0 Å². The van der Waals surface area contributed by atoms with Crippen LogP contribution in [0.4, 0.5) is 0 Å². The minimum Gasteiger partial charge on any atom is -0.469 e. The van der Waals surface area contributed by atoms with E-state index in [9.17, 15) is 9.59 Å². The van der Waals surface area contributed by atoms with E-state index >= 15 is 0 Å². The van der Waals surface area contributed by atoms with Crippen LogP contribution in [0.3, 0.4) is 0 Å². The van der Waals surface area contributed by atoms with E-state index < -0.39 is 5.69 Å². The minimum absolute atomic E-state index is 0.278. The van der Waals surface area contributed by atoms with E-state index in [1.807, 2.05) is 12.1 Å². The standard InChI is InChI=1S/C16H20N4O3/c1-19-11-17-14-13(19)15(21)20(16(22)18-14)9-5-3-2-4-7-12-8-6-10-23-12/h6,8,10-11H,2-5,7,9H2,1H3,(H,18,22). The number of aryl methyl sites for hydroxylation is 2. The molecule has 23 heavy (non-hydrogen) atoms. The maximum Gasteiger partial charge on any atom is 0.330 e. The Morgan fingerprint density at radius 2 is 2.04 bits per heavy atom. The smallest absolute Gasteiger partial charge is 0.330 e. The largest absolute Gasteiger partial charge is 0.469 e. The summed E-state index contributed by atoms with van der Waals surface area (Å²) in [6.07, 6.45) is 7.99. The van der Waals surface area contributed by atoms with Gasteiger partial charge in [0.25, 0.3) is 5.56 Å². The summed E-state index contributed by atoms with van der Waals surface area (Å²) >= 11 is 0. The molecule has 0 fully saturated rings. The monoisotopic (exact) mass is 316 g/mol. The van der Waals surface area contributed by atoms with Crippen LogP contribution < -0.4 is 11.2 Å². The predicted octanol–water partition coefficient (Wildman–Crippen LogP) is 1.82. The third kappa shape index (κ3) is 3.28. The van der Waals surface area contributed by atoms with E-state index in [2.05, 4.69) is 9.97 Å². The van der Waals surface area contributed by atoms with Crippen molar-refractivity contribution in [3.63, 3.8) is 0 Å². The van der Waals surface area contributed by atoms with Gasteiger partial charge in [0.2, 0.25) is 0 Å². The first-order valence-corrected chi connectivity index (χ1v) is 7.83. The Balaban J connectivity index is 1.56. The Kier molecular flexibility index (Phi) is 4.45. The second-order valence-corrected chi connectivity index (χ2v) is 5.68. The molecule has 3 heterocycles. The fraction of sp³-hybridized carbons (Fsp3) is 0.438. The number of furan rings is 1. The van der Waals surface area contributed by atoms with E-state index in [1.54, 1.807) is 17.9 Å². The van der Waals surface area contributed by atoms with Gasteiger partial charge >= 0.3 is 5.69 Å². The van der Waals surface area contributed by atoms with Crippen LogP contribution in [0, 0.1) is 0 Å². The van der Waals surface area contributed by atoms with E-state index in [1.165, 1.54) is 10.9 Å². The molecule has 0 bridgehead atoms. The number of aromatic nitrogens is 4. The second kappa shape index (κ2) is 6.68. The molecule has 0 aromatic carbocycles. The molecule has 3 rings (SSSR count). The number of H-pyrrole nitrogens is 1. The topological polar surface area (TPSA) is 85.8 Å². The van der Waals surface area contributed by atoms with Crippen LogP contribution in [0.5, 0.6) is 0 Å². The molecule has 0 amide bonds. The molecular weight excluding hydrogens is 296 g/mol. The summed E-state index contributed by atoms with van der Waals surface area (Å²) in [5.74, 6) is 0.999. The van der Waals surface area contributed by atoms with Crippen molar-refractivity contribution in [1.82, 2.24) is 19.1 Å². The first-order valence-electron chi connectivity index (χ1n) is 7.83. The number of nitrogens with one attached hydrogen (secondary N) is 1. The fourth-order valence-corrected chi connectivity index (χ4v) is 2.74. The molecule has 0 atom stereocenters. The van der Waals surface area contributed by atoms with Crippen LogP contribution in [0.25, 0.3) is 11.2 Å². The Bertz CT molecular complexity index is 886. The minimum atomic E-state index is -0.392. The number of unbranched alkanes of at least 4 members (excludes halogenated alkanes) is 3. The highest BCUT2D eigenvalue weighted by Crippen LogP contribution is 2.08. The molecule has 0 aliphatic heterocycles. The maximum absolute atomic E-state index is 12.4.